The average molecular weight is 610 g/mol. The first-order chi connectivity index (χ1) is 20.2. The highest BCUT2D eigenvalue weighted by Crippen LogP contribution is 2.35. The summed E-state index contributed by atoms with van der Waals surface area (Å²) < 4.78 is 10.9. The third-order valence-electron chi connectivity index (χ3n) is 6.14. The van der Waals surface area contributed by atoms with Crippen LogP contribution in [-0.4, -0.2) is 43.2 Å². The Morgan fingerprint density at radius 3 is 2.45 bits per heavy atom. The second-order valence-corrected chi connectivity index (χ2v) is 9.90. The van der Waals surface area contributed by atoms with Crippen molar-refractivity contribution in [2.75, 3.05) is 35.7 Å². The molecular weight excluding hydrogens is 581 g/mol. The number of para-hydroxylation sites is 1. The molecule has 0 saturated heterocycles. The Labute approximate surface area is 252 Å². The van der Waals surface area contributed by atoms with Gasteiger partial charge in [-0.2, -0.15) is 0 Å². The third kappa shape index (κ3) is 7.59. The van der Waals surface area contributed by atoms with Gasteiger partial charge in [0.1, 0.15) is 17.9 Å². The van der Waals surface area contributed by atoms with Crippen molar-refractivity contribution < 1.29 is 23.9 Å². The number of anilines is 3. The molecule has 0 fully saturated rings. The highest BCUT2D eigenvalue weighted by molar-refractivity contribution is 6.38. The molecule has 10 nitrogen and oxygen atoms in total. The normalized spacial score (nSPS) is 10.6. The molecule has 218 valence electrons. The monoisotopic (exact) mass is 609 g/mol. The lowest BCUT2D eigenvalue weighted by Gasteiger charge is -2.21. The van der Waals surface area contributed by atoms with Gasteiger partial charge < -0.3 is 25.0 Å². The SMILES string of the molecule is CCOC(=O)Nc1cccc(NC(=O)NCC(=O)N(C)c2ccc(Cl)c(COc3cccc4ccc(C)nc34)c2Cl)c1. The van der Waals surface area contributed by atoms with Crippen molar-refractivity contribution in [3.63, 3.8) is 0 Å². The molecule has 42 heavy (non-hydrogen) atoms. The number of hydrogen-bond acceptors (Lipinski definition) is 6. The predicted octanol–water partition coefficient (Wildman–Crippen LogP) is 6.78. The molecule has 0 radical (unpaired) electrons. The number of carbonyl (C=O) groups is 3. The summed E-state index contributed by atoms with van der Waals surface area (Å²) in [6.45, 7) is 3.57. The molecule has 0 aliphatic carbocycles. The minimum atomic E-state index is -0.611. The van der Waals surface area contributed by atoms with E-state index < -0.39 is 18.0 Å². The summed E-state index contributed by atoms with van der Waals surface area (Å²) in [5.74, 6) is 0.156. The zero-order valence-electron chi connectivity index (χ0n) is 23.2. The average Bonchev–Trinajstić information content (AvgIpc) is 2.96. The van der Waals surface area contributed by atoms with E-state index in [0.717, 1.165) is 16.6 Å². The largest absolute Gasteiger partial charge is 0.487 e. The van der Waals surface area contributed by atoms with Crippen LogP contribution in [0.1, 0.15) is 18.2 Å². The zero-order chi connectivity index (χ0) is 30.2. The summed E-state index contributed by atoms with van der Waals surface area (Å²) in [6.07, 6.45) is -0.607. The minimum absolute atomic E-state index is 0.0486. The summed E-state index contributed by atoms with van der Waals surface area (Å²) in [5.41, 5.74) is 3.33. The number of ether oxygens (including phenoxy) is 2. The van der Waals surface area contributed by atoms with Gasteiger partial charge in [-0.15, -0.1) is 0 Å². The van der Waals surface area contributed by atoms with Crippen LogP contribution in [0.15, 0.2) is 66.7 Å². The van der Waals surface area contributed by atoms with Crippen molar-refractivity contribution in [1.82, 2.24) is 10.3 Å². The molecule has 4 rings (SSSR count). The predicted molar refractivity (Wildman–Crippen MR) is 165 cm³/mol. The van der Waals surface area contributed by atoms with E-state index in [0.29, 0.717) is 33.4 Å². The number of aryl methyl sites for hydroxylation is 1. The van der Waals surface area contributed by atoms with Crippen LogP contribution in [0.3, 0.4) is 0 Å². The molecule has 1 heterocycles. The number of likely N-dealkylation sites (N-methyl/N-ethyl adjacent to an activating group) is 1. The molecule has 0 aliphatic heterocycles. The lowest BCUT2D eigenvalue weighted by molar-refractivity contribution is -0.117. The number of aromatic nitrogens is 1. The van der Waals surface area contributed by atoms with Gasteiger partial charge in [0, 0.05) is 40.1 Å². The van der Waals surface area contributed by atoms with Gasteiger partial charge in [-0.3, -0.25) is 10.1 Å². The highest BCUT2D eigenvalue weighted by atomic mass is 35.5. The summed E-state index contributed by atoms with van der Waals surface area (Å²) >= 11 is 13.1. The van der Waals surface area contributed by atoms with E-state index in [1.165, 1.54) is 4.90 Å². The van der Waals surface area contributed by atoms with Gasteiger partial charge in [0.25, 0.3) is 0 Å². The molecule has 0 aliphatic rings. The summed E-state index contributed by atoms with van der Waals surface area (Å²) in [4.78, 5) is 42.9. The number of halogens is 2. The minimum Gasteiger partial charge on any atom is -0.487 e. The van der Waals surface area contributed by atoms with Gasteiger partial charge in [0.05, 0.1) is 23.9 Å². The van der Waals surface area contributed by atoms with E-state index >= 15 is 0 Å². The van der Waals surface area contributed by atoms with Crippen LogP contribution >= 0.6 is 23.2 Å². The maximum atomic E-state index is 12.9. The fourth-order valence-electron chi connectivity index (χ4n) is 4.00. The number of amides is 4. The molecule has 3 N–H and O–H groups in total. The molecule has 1 aromatic heterocycles. The lowest BCUT2D eigenvalue weighted by atomic mass is 10.1. The molecule has 0 unspecified atom stereocenters. The van der Waals surface area contributed by atoms with Crippen molar-refractivity contribution in [2.24, 2.45) is 0 Å². The Balaban J connectivity index is 1.38. The van der Waals surface area contributed by atoms with E-state index in [2.05, 4.69) is 20.9 Å². The Morgan fingerprint density at radius 2 is 1.69 bits per heavy atom. The van der Waals surface area contributed by atoms with E-state index in [-0.39, 0.29) is 24.8 Å². The van der Waals surface area contributed by atoms with Crippen molar-refractivity contribution in [2.45, 2.75) is 20.5 Å². The summed E-state index contributed by atoms with van der Waals surface area (Å²) in [6, 6.07) is 18.7. The number of pyridine rings is 1. The van der Waals surface area contributed by atoms with Crippen LogP contribution in [-0.2, 0) is 16.1 Å². The Morgan fingerprint density at radius 1 is 0.952 bits per heavy atom. The number of nitrogens with zero attached hydrogens (tertiary/aromatic N) is 2. The van der Waals surface area contributed by atoms with Crippen molar-refractivity contribution in [1.29, 1.82) is 0 Å². The van der Waals surface area contributed by atoms with Crippen LogP contribution < -0.4 is 25.6 Å². The smallest absolute Gasteiger partial charge is 0.411 e. The number of rotatable bonds is 9. The molecule has 4 aromatic rings. The van der Waals surface area contributed by atoms with Gasteiger partial charge in [-0.05, 0) is 56.3 Å². The molecule has 3 aromatic carbocycles. The van der Waals surface area contributed by atoms with Crippen LogP contribution in [0.5, 0.6) is 5.75 Å². The standard InChI is InChI=1S/C30H29Cl2N5O5/c1-4-41-30(40)36-21-9-6-8-20(15-21)35-29(39)33-16-26(38)37(3)24-14-13-23(31)22(27(24)32)17-42-25-10-5-7-19-12-11-18(2)34-28(19)25/h5-15H,4,16-17H2,1-3H3,(H,36,40)(H2,33,35,39). The summed E-state index contributed by atoms with van der Waals surface area (Å²) in [5, 5.41) is 9.26. The van der Waals surface area contributed by atoms with Gasteiger partial charge >= 0.3 is 12.1 Å². The molecule has 0 atom stereocenters. The quantitative estimate of drug-likeness (QED) is 0.192. The first-order valence-corrected chi connectivity index (χ1v) is 13.7. The molecule has 0 spiro atoms. The van der Waals surface area contributed by atoms with Gasteiger partial charge in [-0.1, -0.05) is 47.5 Å². The number of fused-ring (bicyclic) bond motifs is 1. The van der Waals surface area contributed by atoms with E-state index in [4.69, 9.17) is 32.7 Å². The fourth-order valence-corrected chi connectivity index (χ4v) is 4.61. The molecule has 0 bridgehead atoms. The second kappa shape index (κ2) is 13.9. The zero-order valence-corrected chi connectivity index (χ0v) is 24.7. The van der Waals surface area contributed by atoms with Crippen molar-refractivity contribution in [3.05, 3.63) is 88.0 Å². The first kappa shape index (κ1) is 30.4. The summed E-state index contributed by atoms with van der Waals surface area (Å²) in [7, 11) is 1.55. The number of hydrogen-bond donors (Lipinski definition) is 3. The fraction of sp³-hybridized carbons (Fsp3) is 0.200. The topological polar surface area (TPSA) is 122 Å². The first-order valence-electron chi connectivity index (χ1n) is 13.0. The Kier molecular flexibility index (Phi) is 10.1. The van der Waals surface area contributed by atoms with Crippen LogP contribution in [0.25, 0.3) is 10.9 Å². The molecule has 0 saturated carbocycles. The van der Waals surface area contributed by atoms with Gasteiger partial charge in [0.15, 0.2) is 0 Å². The van der Waals surface area contributed by atoms with Crippen molar-refractivity contribution >= 4 is 69.2 Å². The van der Waals surface area contributed by atoms with Gasteiger partial charge in [-0.25, -0.2) is 14.6 Å². The van der Waals surface area contributed by atoms with Gasteiger partial charge in [0.2, 0.25) is 5.91 Å². The maximum Gasteiger partial charge on any atom is 0.411 e. The maximum absolute atomic E-state index is 12.9. The van der Waals surface area contributed by atoms with Crippen LogP contribution in [0.2, 0.25) is 10.0 Å². The third-order valence-corrected chi connectivity index (χ3v) is 6.91. The Bertz CT molecular complexity index is 1630. The Hall–Kier alpha value is -4.54. The number of nitrogens with one attached hydrogen (secondary N) is 3. The van der Waals surface area contributed by atoms with E-state index in [1.807, 2.05) is 37.3 Å². The van der Waals surface area contributed by atoms with Crippen LogP contribution in [0, 0.1) is 6.92 Å². The number of urea groups is 1. The van der Waals surface area contributed by atoms with E-state index in [9.17, 15) is 14.4 Å². The number of benzene rings is 3. The highest BCUT2D eigenvalue weighted by Gasteiger charge is 2.20. The second-order valence-electron chi connectivity index (χ2n) is 9.11. The molecule has 12 heteroatoms. The lowest BCUT2D eigenvalue weighted by Crippen LogP contribution is -2.40. The molecular formula is C30H29Cl2N5O5. The van der Waals surface area contributed by atoms with E-state index in [1.54, 1.807) is 50.4 Å². The van der Waals surface area contributed by atoms with Crippen LogP contribution in [0.4, 0.5) is 26.7 Å². The molecule has 4 amide bonds. The number of carbonyl (C=O) groups excluding carboxylic acids is 3. The van der Waals surface area contributed by atoms with Crippen molar-refractivity contribution in [3.8, 4) is 5.75 Å².